The summed E-state index contributed by atoms with van der Waals surface area (Å²) in [4.78, 5) is 12.0. The molecule has 3 nitrogen and oxygen atoms in total. The lowest BCUT2D eigenvalue weighted by Crippen LogP contribution is -2.34. The third-order valence-corrected chi connectivity index (χ3v) is 3.59. The quantitative estimate of drug-likeness (QED) is 0.878. The summed E-state index contributed by atoms with van der Waals surface area (Å²) in [6, 6.07) is 5.45. The number of nitrogens with two attached hydrogens (primary N) is 1. The summed E-state index contributed by atoms with van der Waals surface area (Å²) in [7, 11) is 0. The van der Waals surface area contributed by atoms with Gasteiger partial charge in [0.25, 0.3) is 0 Å². The highest BCUT2D eigenvalue weighted by atomic mass is 35.5. The molecular weight excluding hydrogens is 271 g/mol. The zero-order valence-electron chi connectivity index (χ0n) is 10.3. The van der Waals surface area contributed by atoms with Gasteiger partial charge in [-0.15, -0.1) is 12.4 Å². The van der Waals surface area contributed by atoms with Gasteiger partial charge in [-0.05, 0) is 43.5 Å². The van der Waals surface area contributed by atoms with Crippen LogP contribution in [0.25, 0.3) is 0 Å². The maximum absolute atomic E-state index is 12.0. The second-order valence-corrected chi connectivity index (χ2v) is 5.09. The van der Waals surface area contributed by atoms with E-state index in [9.17, 15) is 4.79 Å². The van der Waals surface area contributed by atoms with Gasteiger partial charge in [0, 0.05) is 16.8 Å². The van der Waals surface area contributed by atoms with Crippen LogP contribution in [0.3, 0.4) is 0 Å². The minimum atomic E-state index is -0.0509. The smallest absolute Gasteiger partial charge is 0.229 e. The molecule has 1 aromatic carbocycles. The van der Waals surface area contributed by atoms with Gasteiger partial charge in [-0.2, -0.15) is 0 Å². The summed E-state index contributed by atoms with van der Waals surface area (Å²) in [5, 5.41) is 3.61. The zero-order valence-corrected chi connectivity index (χ0v) is 11.9. The fourth-order valence-corrected chi connectivity index (χ4v) is 2.53. The minimum Gasteiger partial charge on any atom is -0.327 e. The van der Waals surface area contributed by atoms with E-state index in [1.807, 2.05) is 19.1 Å². The van der Waals surface area contributed by atoms with Crippen molar-refractivity contribution in [2.24, 2.45) is 11.7 Å². The molecule has 1 aliphatic rings. The fraction of sp³-hybridized carbons (Fsp3) is 0.462. The van der Waals surface area contributed by atoms with E-state index in [-0.39, 0.29) is 30.3 Å². The van der Waals surface area contributed by atoms with Gasteiger partial charge < -0.3 is 11.1 Å². The molecule has 1 aliphatic carbocycles. The van der Waals surface area contributed by atoms with Gasteiger partial charge >= 0.3 is 0 Å². The van der Waals surface area contributed by atoms with E-state index in [1.54, 1.807) is 6.07 Å². The Balaban J connectivity index is 0.00000162. The molecule has 0 heterocycles. The highest BCUT2D eigenvalue weighted by Crippen LogP contribution is 2.26. The van der Waals surface area contributed by atoms with Crippen molar-refractivity contribution in [1.29, 1.82) is 0 Å². The molecular formula is C13H18Cl2N2O. The van der Waals surface area contributed by atoms with Crippen LogP contribution < -0.4 is 11.1 Å². The summed E-state index contributed by atoms with van der Waals surface area (Å²) in [5.74, 6) is -0.0227. The predicted molar refractivity (Wildman–Crippen MR) is 77.4 cm³/mol. The molecule has 0 aromatic heterocycles. The van der Waals surface area contributed by atoms with Gasteiger partial charge in [0.1, 0.15) is 0 Å². The fourth-order valence-electron chi connectivity index (χ4n) is 2.31. The molecule has 2 rings (SSSR count). The van der Waals surface area contributed by atoms with Gasteiger partial charge in [0.15, 0.2) is 0 Å². The Morgan fingerprint density at radius 3 is 2.72 bits per heavy atom. The first-order valence-electron chi connectivity index (χ1n) is 5.90. The van der Waals surface area contributed by atoms with Crippen molar-refractivity contribution >= 4 is 35.6 Å². The Labute approximate surface area is 118 Å². The number of amides is 1. The number of carbonyl (C=O) groups is 1. The standard InChI is InChI=1S/C13H17ClN2O.ClH/c1-8-7-9(14)5-6-12(8)16-13(17)10-3-2-4-11(10)15;/h5-7,10-11H,2-4,15H2,1H3,(H,16,17);1H. The molecule has 1 fully saturated rings. The second-order valence-electron chi connectivity index (χ2n) is 4.65. The molecule has 0 bridgehead atoms. The molecule has 3 N–H and O–H groups in total. The Hall–Kier alpha value is -0.770. The monoisotopic (exact) mass is 288 g/mol. The molecule has 0 spiro atoms. The molecule has 0 radical (unpaired) electrons. The number of anilines is 1. The van der Waals surface area contributed by atoms with Gasteiger partial charge in [-0.25, -0.2) is 0 Å². The molecule has 0 aliphatic heterocycles. The lowest BCUT2D eigenvalue weighted by atomic mass is 10.0. The zero-order chi connectivity index (χ0) is 12.4. The molecule has 1 amide bonds. The van der Waals surface area contributed by atoms with Crippen molar-refractivity contribution in [2.45, 2.75) is 32.2 Å². The highest BCUT2D eigenvalue weighted by Gasteiger charge is 2.30. The maximum Gasteiger partial charge on any atom is 0.229 e. The second kappa shape index (κ2) is 6.41. The van der Waals surface area contributed by atoms with E-state index in [4.69, 9.17) is 17.3 Å². The van der Waals surface area contributed by atoms with Crippen LogP contribution in [0.5, 0.6) is 0 Å². The molecule has 18 heavy (non-hydrogen) atoms. The van der Waals surface area contributed by atoms with Crippen molar-refractivity contribution in [3.63, 3.8) is 0 Å². The van der Waals surface area contributed by atoms with Crippen molar-refractivity contribution in [3.05, 3.63) is 28.8 Å². The van der Waals surface area contributed by atoms with Crippen LogP contribution in [0.1, 0.15) is 24.8 Å². The van der Waals surface area contributed by atoms with Crippen molar-refractivity contribution in [1.82, 2.24) is 0 Å². The summed E-state index contributed by atoms with van der Waals surface area (Å²) in [6.45, 7) is 1.93. The van der Waals surface area contributed by atoms with Gasteiger partial charge in [-0.3, -0.25) is 4.79 Å². The number of nitrogens with one attached hydrogen (secondary N) is 1. The first-order chi connectivity index (χ1) is 8.08. The Kier molecular flexibility index (Phi) is 5.45. The molecule has 2 unspecified atom stereocenters. The summed E-state index contributed by atoms with van der Waals surface area (Å²) < 4.78 is 0. The Morgan fingerprint density at radius 1 is 1.44 bits per heavy atom. The molecule has 2 atom stereocenters. The first kappa shape index (κ1) is 15.3. The van der Waals surface area contributed by atoms with Crippen molar-refractivity contribution in [3.8, 4) is 0 Å². The topological polar surface area (TPSA) is 55.1 Å². The molecule has 1 saturated carbocycles. The number of hydrogen-bond donors (Lipinski definition) is 2. The average Bonchev–Trinajstić information content (AvgIpc) is 2.68. The molecule has 100 valence electrons. The summed E-state index contributed by atoms with van der Waals surface area (Å²) >= 11 is 5.87. The normalized spacial score (nSPS) is 22.4. The number of halogens is 2. The minimum absolute atomic E-state index is 0. The summed E-state index contributed by atoms with van der Waals surface area (Å²) in [5.41, 5.74) is 7.70. The van der Waals surface area contributed by atoms with Crippen LogP contribution >= 0.6 is 24.0 Å². The number of hydrogen-bond acceptors (Lipinski definition) is 2. The van der Waals surface area contributed by atoms with Crippen LogP contribution in [0.2, 0.25) is 5.02 Å². The summed E-state index contributed by atoms with van der Waals surface area (Å²) in [6.07, 6.45) is 2.87. The van der Waals surface area contributed by atoms with Crippen LogP contribution in [-0.2, 0) is 4.79 Å². The Morgan fingerprint density at radius 2 is 2.17 bits per heavy atom. The van der Waals surface area contributed by atoms with Gasteiger partial charge in [0.2, 0.25) is 5.91 Å². The maximum atomic E-state index is 12.0. The number of aryl methyl sites for hydroxylation is 1. The number of rotatable bonds is 2. The van der Waals surface area contributed by atoms with Crippen LogP contribution in [-0.4, -0.2) is 11.9 Å². The highest BCUT2D eigenvalue weighted by molar-refractivity contribution is 6.30. The van der Waals surface area contributed by atoms with Crippen molar-refractivity contribution < 1.29 is 4.79 Å². The molecule has 0 saturated heterocycles. The third-order valence-electron chi connectivity index (χ3n) is 3.35. The number of benzene rings is 1. The number of carbonyl (C=O) groups excluding carboxylic acids is 1. The molecule has 5 heteroatoms. The lowest BCUT2D eigenvalue weighted by molar-refractivity contribution is -0.120. The van der Waals surface area contributed by atoms with Crippen LogP contribution in [0.4, 0.5) is 5.69 Å². The van der Waals surface area contributed by atoms with Crippen LogP contribution in [0, 0.1) is 12.8 Å². The van der Waals surface area contributed by atoms with E-state index in [0.29, 0.717) is 5.02 Å². The van der Waals surface area contributed by atoms with E-state index < -0.39 is 0 Å². The largest absolute Gasteiger partial charge is 0.327 e. The third kappa shape index (κ3) is 3.37. The van der Waals surface area contributed by atoms with E-state index >= 15 is 0 Å². The molecule has 1 aromatic rings. The SMILES string of the molecule is Cc1cc(Cl)ccc1NC(=O)C1CCCC1N.Cl. The first-order valence-corrected chi connectivity index (χ1v) is 6.28. The van der Waals surface area contributed by atoms with E-state index in [0.717, 1.165) is 30.5 Å². The van der Waals surface area contributed by atoms with E-state index in [1.165, 1.54) is 0 Å². The van der Waals surface area contributed by atoms with E-state index in [2.05, 4.69) is 5.32 Å². The predicted octanol–water partition coefficient (Wildman–Crippen LogP) is 3.14. The average molecular weight is 289 g/mol. The van der Waals surface area contributed by atoms with Crippen molar-refractivity contribution in [2.75, 3.05) is 5.32 Å². The van der Waals surface area contributed by atoms with Crippen LogP contribution in [0.15, 0.2) is 18.2 Å². The Bertz CT molecular complexity index is 437. The van der Waals surface area contributed by atoms with Gasteiger partial charge in [-0.1, -0.05) is 18.0 Å². The lowest BCUT2D eigenvalue weighted by Gasteiger charge is -2.16. The van der Waals surface area contributed by atoms with Gasteiger partial charge in [0.05, 0.1) is 5.92 Å².